The van der Waals surface area contributed by atoms with E-state index in [1.807, 2.05) is 12.1 Å². The molecule has 2 rings (SSSR count). The summed E-state index contributed by atoms with van der Waals surface area (Å²) in [6.45, 7) is 4.28. The van der Waals surface area contributed by atoms with E-state index >= 15 is 0 Å². The molecule has 0 fully saturated rings. The highest BCUT2D eigenvalue weighted by Gasteiger charge is 2.12. The van der Waals surface area contributed by atoms with Crippen molar-refractivity contribution < 1.29 is 0 Å². The van der Waals surface area contributed by atoms with E-state index in [2.05, 4.69) is 22.9 Å². The van der Waals surface area contributed by atoms with Crippen molar-refractivity contribution in [3.63, 3.8) is 0 Å². The molecular weight excluding hydrogens is 236 g/mol. The summed E-state index contributed by atoms with van der Waals surface area (Å²) in [5.74, 6) is 0. The Kier molecular flexibility index (Phi) is 5.25. The fourth-order valence-electron chi connectivity index (χ4n) is 2.58. The summed E-state index contributed by atoms with van der Waals surface area (Å²) in [6, 6.07) is 3.56. The van der Waals surface area contributed by atoms with Crippen LogP contribution < -0.4 is 10.5 Å². The molecule has 0 atom stereocenters. The van der Waals surface area contributed by atoms with E-state index in [9.17, 15) is 4.79 Å². The largest absolute Gasteiger partial charge is 0.366 e. The molecular formula is C16H24N2O. The van der Waals surface area contributed by atoms with Crippen LogP contribution in [0.25, 0.3) is 6.08 Å². The Labute approximate surface area is 115 Å². The molecule has 0 unspecified atom stereocenters. The number of aromatic nitrogens is 1. The van der Waals surface area contributed by atoms with Gasteiger partial charge in [0.15, 0.2) is 0 Å². The number of hydrogen-bond acceptors (Lipinski definition) is 2. The van der Waals surface area contributed by atoms with Crippen LogP contribution >= 0.6 is 0 Å². The summed E-state index contributed by atoms with van der Waals surface area (Å²) in [4.78, 5) is 16.5. The standard InChI is InChI=1S/C16H24N2O/c1-2-3-4-5-6-7-12-18-13-8-9-14-15(18)10-11-16(19)17-14/h8-11H,2-7,12-13H2,1H3,(H,17,19). The molecule has 0 spiro atoms. The molecule has 0 aromatic carbocycles. The second-order valence-electron chi connectivity index (χ2n) is 5.24. The second-order valence-corrected chi connectivity index (χ2v) is 5.24. The second kappa shape index (κ2) is 7.17. The average Bonchev–Trinajstić information content (AvgIpc) is 2.42. The van der Waals surface area contributed by atoms with Crippen molar-refractivity contribution in [2.75, 3.05) is 18.0 Å². The van der Waals surface area contributed by atoms with Gasteiger partial charge >= 0.3 is 0 Å². The quantitative estimate of drug-likeness (QED) is 0.761. The summed E-state index contributed by atoms with van der Waals surface area (Å²) in [5.41, 5.74) is 2.09. The normalized spacial score (nSPS) is 13.6. The number of hydrogen-bond donors (Lipinski definition) is 1. The number of nitrogens with one attached hydrogen (secondary N) is 1. The number of unbranched alkanes of at least 4 members (excludes halogenated alkanes) is 5. The third-order valence-corrected chi connectivity index (χ3v) is 3.66. The maximum Gasteiger partial charge on any atom is 0.248 e. The summed E-state index contributed by atoms with van der Waals surface area (Å²) in [7, 11) is 0. The fraction of sp³-hybridized carbons (Fsp3) is 0.562. The van der Waals surface area contributed by atoms with E-state index in [1.165, 1.54) is 38.5 Å². The minimum absolute atomic E-state index is 0.0233. The first-order chi connectivity index (χ1) is 9.31. The van der Waals surface area contributed by atoms with Crippen LogP contribution in [-0.2, 0) is 0 Å². The molecule has 19 heavy (non-hydrogen) atoms. The van der Waals surface area contributed by atoms with Crippen molar-refractivity contribution in [1.29, 1.82) is 0 Å². The van der Waals surface area contributed by atoms with Gasteiger partial charge in [-0.3, -0.25) is 4.79 Å². The molecule has 1 aliphatic heterocycles. The Balaban J connectivity index is 1.83. The molecule has 0 amide bonds. The molecule has 0 aliphatic carbocycles. The highest BCUT2D eigenvalue weighted by atomic mass is 16.1. The van der Waals surface area contributed by atoms with Gasteiger partial charge in [-0.2, -0.15) is 0 Å². The minimum atomic E-state index is -0.0233. The molecule has 1 aromatic heterocycles. The maximum absolute atomic E-state index is 11.3. The van der Waals surface area contributed by atoms with Gasteiger partial charge in [0.2, 0.25) is 5.56 Å². The van der Waals surface area contributed by atoms with Crippen LogP contribution in [0.1, 0.15) is 51.1 Å². The Hall–Kier alpha value is -1.51. The van der Waals surface area contributed by atoms with Crippen LogP contribution in [0.2, 0.25) is 0 Å². The lowest BCUT2D eigenvalue weighted by Gasteiger charge is -2.27. The predicted molar refractivity (Wildman–Crippen MR) is 81.7 cm³/mol. The van der Waals surface area contributed by atoms with E-state index in [0.29, 0.717) is 0 Å². The maximum atomic E-state index is 11.3. The lowest BCUT2D eigenvalue weighted by molar-refractivity contribution is 0.602. The van der Waals surface area contributed by atoms with Gasteiger partial charge in [0.1, 0.15) is 0 Å². The number of aromatic amines is 1. The summed E-state index contributed by atoms with van der Waals surface area (Å²) >= 11 is 0. The van der Waals surface area contributed by atoms with Crippen molar-refractivity contribution in [3.05, 3.63) is 34.3 Å². The SMILES string of the molecule is CCCCCCCCN1CC=Cc2[nH]c(=O)ccc21. The molecule has 0 saturated heterocycles. The van der Waals surface area contributed by atoms with Crippen LogP contribution in [-0.4, -0.2) is 18.1 Å². The van der Waals surface area contributed by atoms with E-state index in [0.717, 1.165) is 24.5 Å². The number of nitrogens with zero attached hydrogens (tertiary/aromatic N) is 1. The number of fused-ring (bicyclic) bond motifs is 1. The highest BCUT2D eigenvalue weighted by molar-refractivity contribution is 5.67. The Bertz CT molecular complexity index is 476. The first kappa shape index (κ1) is 13.9. The molecule has 1 aromatic rings. The van der Waals surface area contributed by atoms with Gasteiger partial charge in [0, 0.05) is 19.2 Å². The molecule has 0 bridgehead atoms. The van der Waals surface area contributed by atoms with Gasteiger partial charge in [-0.1, -0.05) is 45.1 Å². The Morgan fingerprint density at radius 3 is 2.79 bits per heavy atom. The first-order valence-electron chi connectivity index (χ1n) is 7.46. The third kappa shape index (κ3) is 3.98. The molecule has 0 saturated carbocycles. The lowest BCUT2D eigenvalue weighted by Crippen LogP contribution is -2.28. The van der Waals surface area contributed by atoms with Crippen molar-refractivity contribution in [1.82, 2.24) is 4.98 Å². The zero-order chi connectivity index (χ0) is 13.5. The van der Waals surface area contributed by atoms with E-state index < -0.39 is 0 Å². The Morgan fingerprint density at radius 1 is 1.16 bits per heavy atom. The number of anilines is 1. The molecule has 3 nitrogen and oxygen atoms in total. The first-order valence-corrected chi connectivity index (χ1v) is 7.46. The van der Waals surface area contributed by atoms with Gasteiger partial charge in [-0.15, -0.1) is 0 Å². The molecule has 0 radical (unpaired) electrons. The van der Waals surface area contributed by atoms with Crippen molar-refractivity contribution >= 4 is 11.8 Å². The van der Waals surface area contributed by atoms with Crippen LogP contribution in [0.4, 0.5) is 5.69 Å². The van der Waals surface area contributed by atoms with Crippen LogP contribution in [0.3, 0.4) is 0 Å². The van der Waals surface area contributed by atoms with Gasteiger partial charge in [0.25, 0.3) is 0 Å². The van der Waals surface area contributed by atoms with Gasteiger partial charge < -0.3 is 9.88 Å². The molecule has 2 heterocycles. The van der Waals surface area contributed by atoms with E-state index in [1.54, 1.807) is 6.07 Å². The van der Waals surface area contributed by atoms with Crippen molar-refractivity contribution in [2.45, 2.75) is 45.4 Å². The Morgan fingerprint density at radius 2 is 1.95 bits per heavy atom. The smallest absolute Gasteiger partial charge is 0.248 e. The third-order valence-electron chi connectivity index (χ3n) is 3.66. The van der Waals surface area contributed by atoms with Gasteiger partial charge in [-0.25, -0.2) is 0 Å². The van der Waals surface area contributed by atoms with Crippen LogP contribution in [0.15, 0.2) is 23.0 Å². The molecule has 104 valence electrons. The molecule has 3 heteroatoms. The van der Waals surface area contributed by atoms with Crippen molar-refractivity contribution in [3.8, 4) is 0 Å². The topological polar surface area (TPSA) is 36.1 Å². The van der Waals surface area contributed by atoms with E-state index in [4.69, 9.17) is 0 Å². The molecule has 1 aliphatic rings. The van der Waals surface area contributed by atoms with Gasteiger partial charge in [-0.05, 0) is 18.6 Å². The van der Waals surface area contributed by atoms with Crippen LogP contribution in [0.5, 0.6) is 0 Å². The highest BCUT2D eigenvalue weighted by Crippen LogP contribution is 2.22. The zero-order valence-corrected chi connectivity index (χ0v) is 11.8. The molecule has 1 N–H and O–H groups in total. The van der Waals surface area contributed by atoms with Crippen LogP contribution in [0, 0.1) is 0 Å². The van der Waals surface area contributed by atoms with E-state index in [-0.39, 0.29) is 5.56 Å². The summed E-state index contributed by atoms with van der Waals surface area (Å²) in [5, 5.41) is 0. The minimum Gasteiger partial charge on any atom is -0.366 e. The lowest BCUT2D eigenvalue weighted by atomic mass is 10.1. The summed E-state index contributed by atoms with van der Waals surface area (Å²) < 4.78 is 0. The fourth-order valence-corrected chi connectivity index (χ4v) is 2.58. The average molecular weight is 260 g/mol. The number of rotatable bonds is 7. The summed E-state index contributed by atoms with van der Waals surface area (Å²) in [6.07, 6.45) is 12.0. The predicted octanol–water partition coefficient (Wildman–Crippen LogP) is 3.57. The monoisotopic (exact) mass is 260 g/mol. The van der Waals surface area contributed by atoms with Crippen molar-refractivity contribution in [2.24, 2.45) is 0 Å². The zero-order valence-electron chi connectivity index (χ0n) is 11.8. The number of pyridine rings is 1. The number of H-pyrrole nitrogens is 1. The van der Waals surface area contributed by atoms with Gasteiger partial charge in [0.05, 0.1) is 11.4 Å².